The van der Waals surface area contributed by atoms with Crippen molar-refractivity contribution in [3.05, 3.63) is 17.5 Å². The number of aliphatic hydroxyl groups is 1. The number of methoxy groups -OCH3 is 1. The van der Waals surface area contributed by atoms with E-state index in [9.17, 15) is 22.0 Å². The van der Waals surface area contributed by atoms with Crippen molar-refractivity contribution >= 4 is 0 Å². The summed E-state index contributed by atoms with van der Waals surface area (Å²) in [5.41, 5.74) is -1.41. The molecule has 1 aromatic heterocycles. The highest BCUT2D eigenvalue weighted by Crippen LogP contribution is 2.36. The van der Waals surface area contributed by atoms with Crippen molar-refractivity contribution in [2.24, 2.45) is 0 Å². The summed E-state index contributed by atoms with van der Waals surface area (Å²) in [6.07, 6.45) is -8.17. The van der Waals surface area contributed by atoms with Crippen LogP contribution in [0.1, 0.15) is 17.8 Å². The van der Waals surface area contributed by atoms with Crippen molar-refractivity contribution in [1.29, 1.82) is 0 Å². The Morgan fingerprint density at radius 2 is 2.00 bits per heavy atom. The van der Waals surface area contributed by atoms with Gasteiger partial charge in [-0.2, -0.15) is 0 Å². The zero-order valence-electron chi connectivity index (χ0n) is 8.96. The molecule has 0 saturated carbocycles. The zero-order valence-corrected chi connectivity index (χ0v) is 8.96. The van der Waals surface area contributed by atoms with E-state index >= 15 is 0 Å². The standard InChI is InChI=1S/C9H8F5NO3/c1-17-7-5(3-16)15-4(8(10)11)2-6(7)18-9(12,13)14/h2,8,16H,3H2,1H3. The van der Waals surface area contributed by atoms with Crippen LogP contribution in [0, 0.1) is 0 Å². The van der Waals surface area contributed by atoms with Gasteiger partial charge in [-0.1, -0.05) is 0 Å². The molecule has 0 aliphatic carbocycles. The van der Waals surface area contributed by atoms with Crippen LogP contribution >= 0.6 is 0 Å². The van der Waals surface area contributed by atoms with E-state index in [0.717, 1.165) is 7.11 Å². The molecule has 4 nitrogen and oxygen atoms in total. The summed E-state index contributed by atoms with van der Waals surface area (Å²) in [7, 11) is 1.00. The largest absolute Gasteiger partial charge is 0.573 e. The minimum atomic E-state index is -5.07. The van der Waals surface area contributed by atoms with Gasteiger partial charge in [0.05, 0.1) is 13.7 Å². The average Bonchev–Trinajstić information content (AvgIpc) is 2.25. The molecular formula is C9H8F5NO3. The molecule has 1 aromatic rings. The molecule has 0 saturated heterocycles. The maximum atomic E-state index is 12.4. The molecule has 1 rings (SSSR count). The summed E-state index contributed by atoms with van der Waals surface area (Å²) < 4.78 is 69.2. The van der Waals surface area contributed by atoms with Crippen LogP contribution in [0.2, 0.25) is 0 Å². The smallest absolute Gasteiger partial charge is 0.491 e. The zero-order chi connectivity index (χ0) is 13.9. The Kier molecular flexibility index (Phi) is 4.28. The maximum Gasteiger partial charge on any atom is 0.573 e. The molecule has 0 fully saturated rings. The topological polar surface area (TPSA) is 51.6 Å². The quantitative estimate of drug-likeness (QED) is 0.856. The van der Waals surface area contributed by atoms with Gasteiger partial charge in [0.1, 0.15) is 11.4 Å². The minimum absolute atomic E-state index is 0.413. The van der Waals surface area contributed by atoms with Crippen molar-refractivity contribution in [3.63, 3.8) is 0 Å². The highest BCUT2D eigenvalue weighted by molar-refractivity contribution is 5.44. The van der Waals surface area contributed by atoms with Crippen LogP contribution in [0.15, 0.2) is 6.07 Å². The summed E-state index contributed by atoms with van der Waals surface area (Å²) in [5, 5.41) is 8.85. The normalized spacial score (nSPS) is 11.8. The fourth-order valence-electron chi connectivity index (χ4n) is 1.22. The molecule has 0 aliphatic rings. The highest BCUT2D eigenvalue weighted by atomic mass is 19.4. The minimum Gasteiger partial charge on any atom is -0.491 e. The van der Waals surface area contributed by atoms with E-state index in [4.69, 9.17) is 5.11 Å². The van der Waals surface area contributed by atoms with Gasteiger partial charge >= 0.3 is 6.36 Å². The van der Waals surface area contributed by atoms with Gasteiger partial charge in [-0.3, -0.25) is 0 Å². The Labute approximate surface area is 98.0 Å². The lowest BCUT2D eigenvalue weighted by atomic mass is 10.2. The summed E-state index contributed by atoms with van der Waals surface area (Å²) in [6.45, 7) is -0.863. The van der Waals surface area contributed by atoms with Gasteiger partial charge in [-0.15, -0.1) is 13.2 Å². The fraction of sp³-hybridized carbons (Fsp3) is 0.444. The molecule has 1 heterocycles. The monoisotopic (exact) mass is 273 g/mol. The third-order valence-electron chi connectivity index (χ3n) is 1.83. The Balaban J connectivity index is 3.31. The lowest BCUT2D eigenvalue weighted by molar-refractivity contribution is -0.275. The number of aromatic nitrogens is 1. The molecule has 102 valence electrons. The molecule has 0 amide bonds. The average molecular weight is 273 g/mol. The van der Waals surface area contributed by atoms with Crippen LogP contribution in [0.25, 0.3) is 0 Å². The van der Waals surface area contributed by atoms with E-state index in [2.05, 4.69) is 14.5 Å². The maximum absolute atomic E-state index is 12.4. The van der Waals surface area contributed by atoms with E-state index in [1.165, 1.54) is 0 Å². The molecule has 0 aliphatic heterocycles. The number of rotatable bonds is 4. The molecule has 0 spiro atoms. The molecule has 0 atom stereocenters. The van der Waals surface area contributed by atoms with Crippen molar-refractivity contribution in [3.8, 4) is 11.5 Å². The van der Waals surface area contributed by atoms with Crippen LogP contribution in [0.3, 0.4) is 0 Å². The summed E-state index contributed by atoms with van der Waals surface area (Å²) in [6, 6.07) is 0.413. The number of halogens is 5. The molecule has 1 N–H and O–H groups in total. The van der Waals surface area contributed by atoms with E-state index in [1.807, 2.05) is 0 Å². The number of hydrogen-bond donors (Lipinski definition) is 1. The first-order chi connectivity index (χ1) is 8.28. The van der Waals surface area contributed by atoms with E-state index in [-0.39, 0.29) is 0 Å². The fourth-order valence-corrected chi connectivity index (χ4v) is 1.22. The van der Waals surface area contributed by atoms with E-state index in [0.29, 0.717) is 6.07 Å². The van der Waals surface area contributed by atoms with Crippen LogP contribution in [0.5, 0.6) is 11.5 Å². The van der Waals surface area contributed by atoms with Crippen LogP contribution in [-0.2, 0) is 6.61 Å². The molecule has 0 unspecified atom stereocenters. The second-order valence-electron chi connectivity index (χ2n) is 3.03. The lowest BCUT2D eigenvalue weighted by Crippen LogP contribution is -2.18. The first-order valence-electron chi connectivity index (χ1n) is 4.51. The van der Waals surface area contributed by atoms with Gasteiger partial charge in [-0.05, 0) is 0 Å². The Hall–Kier alpha value is -1.64. The summed E-state index contributed by atoms with van der Waals surface area (Å²) in [5.74, 6) is -1.52. The van der Waals surface area contributed by atoms with Gasteiger partial charge in [0.25, 0.3) is 6.43 Å². The van der Waals surface area contributed by atoms with Gasteiger partial charge in [-0.25, -0.2) is 13.8 Å². The van der Waals surface area contributed by atoms with Gasteiger partial charge in [0, 0.05) is 6.07 Å². The summed E-state index contributed by atoms with van der Waals surface area (Å²) >= 11 is 0. The second kappa shape index (κ2) is 5.34. The summed E-state index contributed by atoms with van der Waals surface area (Å²) in [4.78, 5) is 3.28. The number of alkyl halides is 5. The molecule has 18 heavy (non-hydrogen) atoms. The second-order valence-corrected chi connectivity index (χ2v) is 3.03. The van der Waals surface area contributed by atoms with Crippen molar-refractivity contribution in [2.45, 2.75) is 19.4 Å². The lowest BCUT2D eigenvalue weighted by Gasteiger charge is -2.15. The number of hydrogen-bond acceptors (Lipinski definition) is 4. The van der Waals surface area contributed by atoms with Crippen LogP contribution in [-0.4, -0.2) is 23.6 Å². The Bertz CT molecular complexity index is 421. The molecule has 0 radical (unpaired) electrons. The van der Waals surface area contributed by atoms with Crippen molar-refractivity contribution < 1.29 is 36.5 Å². The molecular weight excluding hydrogens is 265 g/mol. The molecule has 0 aromatic carbocycles. The van der Waals surface area contributed by atoms with E-state index < -0.39 is 42.3 Å². The van der Waals surface area contributed by atoms with Gasteiger partial charge in [0.15, 0.2) is 11.5 Å². The van der Waals surface area contributed by atoms with E-state index in [1.54, 1.807) is 0 Å². The van der Waals surface area contributed by atoms with Crippen LogP contribution in [0.4, 0.5) is 22.0 Å². The Morgan fingerprint density at radius 3 is 2.39 bits per heavy atom. The molecule has 9 heteroatoms. The Morgan fingerprint density at radius 1 is 1.39 bits per heavy atom. The predicted octanol–water partition coefficient (Wildman–Crippen LogP) is 2.42. The number of ether oxygens (including phenoxy) is 2. The third-order valence-corrected chi connectivity index (χ3v) is 1.83. The third kappa shape index (κ3) is 3.42. The van der Waals surface area contributed by atoms with Gasteiger partial charge < -0.3 is 14.6 Å². The van der Waals surface area contributed by atoms with Crippen molar-refractivity contribution in [2.75, 3.05) is 7.11 Å². The highest BCUT2D eigenvalue weighted by Gasteiger charge is 2.34. The first-order valence-corrected chi connectivity index (χ1v) is 4.51. The number of nitrogens with zero attached hydrogens (tertiary/aromatic N) is 1. The number of aliphatic hydroxyl groups excluding tert-OH is 1. The van der Waals surface area contributed by atoms with Crippen molar-refractivity contribution in [1.82, 2.24) is 4.98 Å². The van der Waals surface area contributed by atoms with Crippen LogP contribution < -0.4 is 9.47 Å². The van der Waals surface area contributed by atoms with Gasteiger partial charge in [0.2, 0.25) is 0 Å². The first kappa shape index (κ1) is 14.4. The number of pyridine rings is 1. The molecule has 0 bridgehead atoms. The SMILES string of the molecule is COc1c(OC(F)(F)F)cc(C(F)F)nc1CO. The predicted molar refractivity (Wildman–Crippen MR) is 48.4 cm³/mol.